The number of likely N-dealkylation sites (tertiary alicyclic amines) is 1. The number of rotatable bonds is 5. The number of carbonyl (C=O) groups excluding carboxylic acids is 1. The smallest absolute Gasteiger partial charge is 0.267 e. The van der Waals surface area contributed by atoms with Crippen molar-refractivity contribution in [2.45, 2.75) is 31.8 Å². The number of hydrogen-bond acceptors (Lipinski definition) is 6. The Labute approximate surface area is 171 Å². The number of amides is 1. The van der Waals surface area contributed by atoms with Crippen molar-refractivity contribution >= 4 is 11.9 Å². The average Bonchev–Trinajstić information content (AvgIpc) is 3.16. The van der Waals surface area contributed by atoms with Gasteiger partial charge in [-0.25, -0.2) is 9.97 Å². The van der Waals surface area contributed by atoms with Crippen LogP contribution in [0.2, 0.25) is 0 Å². The molecule has 1 atom stereocenters. The molecule has 8 heteroatoms. The molecule has 4 heterocycles. The Hall–Kier alpha value is -2.45. The standard InChI is InChI=1S/C21H30N6O2/c1-22-20(28)19-7-6-17(25(19)2)18-5-3-4-8-27(18)15-16-13-23-21(24-14-16)26-9-11-29-12-10-26/h6-7,13-14,18H,3-5,8-12,15H2,1-2H3,(H,22,28)/t18-/m1/s1. The third kappa shape index (κ3) is 4.28. The summed E-state index contributed by atoms with van der Waals surface area (Å²) in [4.78, 5) is 25.9. The normalized spacial score (nSPS) is 20.6. The minimum atomic E-state index is -0.0480. The molecule has 0 aliphatic carbocycles. The summed E-state index contributed by atoms with van der Waals surface area (Å²) in [5.41, 5.74) is 3.01. The molecule has 0 unspecified atom stereocenters. The average molecular weight is 399 g/mol. The van der Waals surface area contributed by atoms with Gasteiger partial charge in [0.2, 0.25) is 5.95 Å². The quantitative estimate of drug-likeness (QED) is 0.827. The van der Waals surface area contributed by atoms with Crippen molar-refractivity contribution in [3.05, 3.63) is 41.5 Å². The summed E-state index contributed by atoms with van der Waals surface area (Å²) >= 11 is 0. The monoisotopic (exact) mass is 398 g/mol. The summed E-state index contributed by atoms with van der Waals surface area (Å²) in [6, 6.07) is 4.30. The first-order chi connectivity index (χ1) is 14.2. The van der Waals surface area contributed by atoms with E-state index < -0.39 is 0 Å². The Kier molecular flexibility index (Phi) is 6.10. The molecule has 1 amide bonds. The number of nitrogens with zero attached hydrogens (tertiary/aromatic N) is 5. The fourth-order valence-electron chi connectivity index (χ4n) is 4.32. The number of morpholine rings is 1. The molecule has 2 fully saturated rings. The zero-order valence-electron chi connectivity index (χ0n) is 17.3. The summed E-state index contributed by atoms with van der Waals surface area (Å²) in [5.74, 6) is 0.734. The molecule has 4 rings (SSSR count). The van der Waals surface area contributed by atoms with E-state index in [1.54, 1.807) is 7.05 Å². The van der Waals surface area contributed by atoms with Gasteiger partial charge in [0, 0.05) is 57.4 Å². The van der Waals surface area contributed by atoms with Crippen LogP contribution in [0.1, 0.15) is 47.1 Å². The molecule has 2 aliphatic rings. The third-order valence-electron chi connectivity index (χ3n) is 5.95. The van der Waals surface area contributed by atoms with Gasteiger partial charge in [0.15, 0.2) is 0 Å². The summed E-state index contributed by atoms with van der Waals surface area (Å²) in [5, 5.41) is 2.72. The molecule has 8 nitrogen and oxygen atoms in total. The number of anilines is 1. The highest BCUT2D eigenvalue weighted by molar-refractivity contribution is 5.92. The van der Waals surface area contributed by atoms with Gasteiger partial charge in [0.25, 0.3) is 5.91 Å². The van der Waals surface area contributed by atoms with Crippen LogP contribution >= 0.6 is 0 Å². The molecule has 0 saturated carbocycles. The minimum absolute atomic E-state index is 0.0480. The van der Waals surface area contributed by atoms with Gasteiger partial charge in [0.05, 0.1) is 19.3 Å². The number of carbonyl (C=O) groups is 1. The lowest BCUT2D eigenvalue weighted by molar-refractivity contribution is 0.0952. The van der Waals surface area contributed by atoms with Crippen molar-refractivity contribution in [2.24, 2.45) is 7.05 Å². The van der Waals surface area contributed by atoms with Crippen LogP contribution in [0, 0.1) is 0 Å². The van der Waals surface area contributed by atoms with E-state index in [1.807, 2.05) is 30.1 Å². The van der Waals surface area contributed by atoms with Crippen LogP contribution < -0.4 is 10.2 Å². The van der Waals surface area contributed by atoms with E-state index in [2.05, 4.69) is 31.2 Å². The Morgan fingerprint density at radius 3 is 2.66 bits per heavy atom. The van der Waals surface area contributed by atoms with E-state index in [0.717, 1.165) is 57.3 Å². The van der Waals surface area contributed by atoms with Gasteiger partial charge in [-0.1, -0.05) is 6.42 Å². The molecular weight excluding hydrogens is 368 g/mol. The second kappa shape index (κ2) is 8.92. The molecule has 29 heavy (non-hydrogen) atoms. The zero-order chi connectivity index (χ0) is 20.2. The van der Waals surface area contributed by atoms with Gasteiger partial charge >= 0.3 is 0 Å². The van der Waals surface area contributed by atoms with Gasteiger partial charge < -0.3 is 19.5 Å². The molecule has 0 radical (unpaired) electrons. The second-order valence-electron chi connectivity index (χ2n) is 7.75. The summed E-state index contributed by atoms with van der Waals surface area (Å²) in [6.07, 6.45) is 7.39. The maximum absolute atomic E-state index is 12.1. The van der Waals surface area contributed by atoms with Crippen LogP contribution in [-0.2, 0) is 18.3 Å². The van der Waals surface area contributed by atoms with Crippen molar-refractivity contribution in [3.63, 3.8) is 0 Å². The van der Waals surface area contributed by atoms with Crippen molar-refractivity contribution < 1.29 is 9.53 Å². The van der Waals surface area contributed by atoms with Gasteiger partial charge in [-0.3, -0.25) is 9.69 Å². The van der Waals surface area contributed by atoms with Crippen LogP contribution in [0.15, 0.2) is 24.5 Å². The summed E-state index contributed by atoms with van der Waals surface area (Å²) in [7, 11) is 3.65. The summed E-state index contributed by atoms with van der Waals surface area (Å²) < 4.78 is 7.43. The predicted octanol–water partition coefficient (Wildman–Crippen LogP) is 1.74. The fraction of sp³-hybridized carbons (Fsp3) is 0.571. The molecule has 1 N–H and O–H groups in total. The van der Waals surface area contributed by atoms with E-state index >= 15 is 0 Å². The van der Waals surface area contributed by atoms with Crippen molar-refractivity contribution in [2.75, 3.05) is 44.8 Å². The Morgan fingerprint density at radius 1 is 1.17 bits per heavy atom. The maximum Gasteiger partial charge on any atom is 0.267 e. The van der Waals surface area contributed by atoms with Gasteiger partial charge in [-0.2, -0.15) is 0 Å². The van der Waals surface area contributed by atoms with Crippen molar-refractivity contribution in [1.82, 2.24) is 24.8 Å². The van der Waals surface area contributed by atoms with E-state index in [9.17, 15) is 4.79 Å². The van der Waals surface area contributed by atoms with E-state index in [4.69, 9.17) is 4.74 Å². The largest absolute Gasteiger partial charge is 0.378 e. The number of ether oxygens (including phenoxy) is 1. The number of piperidine rings is 1. The van der Waals surface area contributed by atoms with Crippen LogP contribution in [0.4, 0.5) is 5.95 Å². The Morgan fingerprint density at radius 2 is 1.93 bits per heavy atom. The van der Waals surface area contributed by atoms with Crippen LogP contribution in [0.3, 0.4) is 0 Å². The third-order valence-corrected chi connectivity index (χ3v) is 5.95. The first-order valence-corrected chi connectivity index (χ1v) is 10.4. The Balaban J connectivity index is 1.48. The van der Waals surface area contributed by atoms with Crippen molar-refractivity contribution in [1.29, 1.82) is 0 Å². The number of aromatic nitrogens is 3. The van der Waals surface area contributed by atoms with Gasteiger partial charge in [-0.05, 0) is 31.5 Å². The summed E-state index contributed by atoms with van der Waals surface area (Å²) in [6.45, 7) is 5.00. The lowest BCUT2D eigenvalue weighted by Gasteiger charge is -2.36. The Bertz CT molecular complexity index is 828. The molecule has 0 aromatic carbocycles. The second-order valence-corrected chi connectivity index (χ2v) is 7.75. The van der Waals surface area contributed by atoms with Gasteiger partial charge in [0.1, 0.15) is 5.69 Å². The SMILES string of the molecule is CNC(=O)c1ccc([C@H]2CCCCN2Cc2cnc(N3CCOCC3)nc2)n1C. The maximum atomic E-state index is 12.1. The molecule has 0 bridgehead atoms. The van der Waals surface area contributed by atoms with E-state index in [1.165, 1.54) is 18.5 Å². The molecular formula is C21H30N6O2. The highest BCUT2D eigenvalue weighted by Crippen LogP contribution is 2.33. The lowest BCUT2D eigenvalue weighted by atomic mass is 9.98. The molecule has 2 aromatic heterocycles. The zero-order valence-corrected chi connectivity index (χ0v) is 17.3. The topological polar surface area (TPSA) is 75.5 Å². The van der Waals surface area contributed by atoms with Crippen LogP contribution in [0.5, 0.6) is 0 Å². The molecule has 2 aromatic rings. The molecule has 2 aliphatic heterocycles. The van der Waals surface area contributed by atoms with E-state index in [-0.39, 0.29) is 5.91 Å². The highest BCUT2D eigenvalue weighted by Gasteiger charge is 2.27. The highest BCUT2D eigenvalue weighted by atomic mass is 16.5. The van der Waals surface area contributed by atoms with Crippen LogP contribution in [-0.4, -0.2) is 65.2 Å². The van der Waals surface area contributed by atoms with Gasteiger partial charge in [-0.15, -0.1) is 0 Å². The van der Waals surface area contributed by atoms with E-state index in [0.29, 0.717) is 11.7 Å². The lowest BCUT2D eigenvalue weighted by Crippen LogP contribution is -2.37. The first kappa shape index (κ1) is 19.8. The number of nitrogens with one attached hydrogen (secondary N) is 1. The molecule has 0 spiro atoms. The minimum Gasteiger partial charge on any atom is -0.378 e. The fourth-order valence-corrected chi connectivity index (χ4v) is 4.32. The predicted molar refractivity (Wildman–Crippen MR) is 111 cm³/mol. The van der Waals surface area contributed by atoms with Crippen molar-refractivity contribution in [3.8, 4) is 0 Å². The molecule has 2 saturated heterocycles. The number of hydrogen-bond donors (Lipinski definition) is 1. The van der Waals surface area contributed by atoms with Crippen LogP contribution in [0.25, 0.3) is 0 Å². The first-order valence-electron chi connectivity index (χ1n) is 10.4. The molecule has 156 valence electrons.